The summed E-state index contributed by atoms with van der Waals surface area (Å²) in [7, 11) is 0. The molecule has 2 aliphatic carbocycles. The molecular formula is C19H22O2. The Labute approximate surface area is 126 Å². The maximum absolute atomic E-state index is 13.2. The van der Waals surface area contributed by atoms with Gasteiger partial charge in [0.05, 0.1) is 11.0 Å². The van der Waals surface area contributed by atoms with Crippen molar-refractivity contribution in [1.82, 2.24) is 0 Å². The minimum Gasteiger partial charge on any atom is -0.388 e. The zero-order valence-corrected chi connectivity index (χ0v) is 12.3. The lowest BCUT2D eigenvalue weighted by Crippen LogP contribution is -2.53. The Morgan fingerprint density at radius 1 is 1.00 bits per heavy atom. The molecule has 110 valence electrons. The highest BCUT2D eigenvalue weighted by Gasteiger charge is 2.53. The second-order valence-corrected chi connectivity index (χ2v) is 6.25. The van der Waals surface area contributed by atoms with Gasteiger partial charge in [0.15, 0.2) is 5.78 Å². The zero-order chi connectivity index (χ0) is 14.8. The summed E-state index contributed by atoms with van der Waals surface area (Å²) < 4.78 is 0. The first-order valence-electron chi connectivity index (χ1n) is 7.85. The number of ketones is 1. The first-order chi connectivity index (χ1) is 10.2. The number of carbonyl (C=O) groups excluding carboxylic acids is 1. The molecule has 1 fully saturated rings. The lowest BCUT2D eigenvalue weighted by atomic mass is 9.59. The molecule has 0 aliphatic heterocycles. The number of allylic oxidation sites excluding steroid dienone is 3. The molecule has 1 aromatic carbocycles. The van der Waals surface area contributed by atoms with Gasteiger partial charge in [0.1, 0.15) is 0 Å². The third-order valence-electron chi connectivity index (χ3n) is 5.02. The van der Waals surface area contributed by atoms with E-state index in [-0.39, 0.29) is 5.78 Å². The monoisotopic (exact) mass is 282 g/mol. The highest BCUT2D eigenvalue weighted by Crippen LogP contribution is 2.49. The first kappa shape index (κ1) is 14.3. The van der Waals surface area contributed by atoms with Crippen molar-refractivity contribution in [2.75, 3.05) is 0 Å². The van der Waals surface area contributed by atoms with E-state index in [4.69, 9.17) is 0 Å². The minimum absolute atomic E-state index is 0.0492. The van der Waals surface area contributed by atoms with Gasteiger partial charge in [-0.1, -0.05) is 73.9 Å². The molecule has 21 heavy (non-hydrogen) atoms. The average molecular weight is 282 g/mol. The Morgan fingerprint density at radius 2 is 1.71 bits per heavy atom. The van der Waals surface area contributed by atoms with Crippen LogP contribution in [-0.2, 0) is 0 Å². The molecule has 0 amide bonds. The normalized spacial score (nSPS) is 27.5. The molecule has 1 unspecified atom stereocenters. The lowest BCUT2D eigenvalue weighted by Gasteiger charge is -2.47. The van der Waals surface area contributed by atoms with E-state index in [0.717, 1.165) is 19.3 Å². The molecule has 1 aromatic rings. The Hall–Kier alpha value is -1.67. The smallest absolute Gasteiger partial charge is 0.175 e. The van der Waals surface area contributed by atoms with Crippen LogP contribution in [0.1, 0.15) is 48.9 Å². The highest BCUT2D eigenvalue weighted by molar-refractivity contribution is 6.03. The van der Waals surface area contributed by atoms with Gasteiger partial charge in [-0.2, -0.15) is 0 Å². The number of hydrogen-bond donors (Lipinski definition) is 1. The summed E-state index contributed by atoms with van der Waals surface area (Å²) in [5.41, 5.74) is -1.03. The fraction of sp³-hybridized carbons (Fsp3) is 0.421. The highest BCUT2D eigenvalue weighted by atomic mass is 16.3. The van der Waals surface area contributed by atoms with E-state index in [1.165, 1.54) is 0 Å². The maximum atomic E-state index is 13.2. The zero-order valence-electron chi connectivity index (χ0n) is 12.3. The minimum atomic E-state index is -0.917. The number of carbonyl (C=O) groups is 1. The van der Waals surface area contributed by atoms with Crippen LogP contribution in [0.4, 0.5) is 0 Å². The van der Waals surface area contributed by atoms with Crippen LogP contribution in [0, 0.1) is 5.41 Å². The molecule has 0 radical (unpaired) electrons. The summed E-state index contributed by atoms with van der Waals surface area (Å²) in [6, 6.07) is 9.38. The average Bonchev–Trinajstić information content (AvgIpc) is 2.56. The molecule has 1 atom stereocenters. The van der Waals surface area contributed by atoms with Crippen molar-refractivity contribution in [1.29, 1.82) is 0 Å². The number of hydrogen-bond acceptors (Lipinski definition) is 2. The Bertz CT molecular complexity index is 564. The van der Waals surface area contributed by atoms with Gasteiger partial charge in [0, 0.05) is 5.56 Å². The van der Waals surface area contributed by atoms with E-state index in [1.54, 1.807) is 0 Å². The van der Waals surface area contributed by atoms with Gasteiger partial charge in [-0.3, -0.25) is 4.79 Å². The summed E-state index contributed by atoms with van der Waals surface area (Å²) in [4.78, 5) is 13.2. The van der Waals surface area contributed by atoms with Gasteiger partial charge in [-0.15, -0.1) is 0 Å². The Morgan fingerprint density at radius 3 is 2.33 bits per heavy atom. The SMILES string of the molecule is O=C(c1ccccc1)C1(C2(O)CCCCC2)C=CC=CC1. The molecule has 0 bridgehead atoms. The van der Waals surface area contributed by atoms with Crippen LogP contribution in [0.15, 0.2) is 54.6 Å². The topological polar surface area (TPSA) is 37.3 Å². The molecule has 0 saturated heterocycles. The Kier molecular flexibility index (Phi) is 3.81. The van der Waals surface area contributed by atoms with E-state index < -0.39 is 11.0 Å². The molecule has 0 heterocycles. The molecule has 3 rings (SSSR count). The van der Waals surface area contributed by atoms with Crippen LogP contribution in [0.5, 0.6) is 0 Å². The molecule has 0 spiro atoms. The van der Waals surface area contributed by atoms with Crippen LogP contribution < -0.4 is 0 Å². The second-order valence-electron chi connectivity index (χ2n) is 6.25. The molecule has 0 aromatic heterocycles. The second kappa shape index (κ2) is 5.61. The number of rotatable bonds is 3. The summed E-state index contributed by atoms with van der Waals surface area (Å²) >= 11 is 0. The molecule has 1 N–H and O–H groups in total. The summed E-state index contributed by atoms with van der Waals surface area (Å²) in [6.07, 6.45) is 13.0. The van der Waals surface area contributed by atoms with Gasteiger partial charge >= 0.3 is 0 Å². The van der Waals surface area contributed by atoms with E-state index >= 15 is 0 Å². The van der Waals surface area contributed by atoms with Gasteiger partial charge < -0.3 is 5.11 Å². The van der Waals surface area contributed by atoms with Crippen molar-refractivity contribution in [3.63, 3.8) is 0 Å². The van der Waals surface area contributed by atoms with Crippen LogP contribution >= 0.6 is 0 Å². The standard InChI is InChI=1S/C19H22O2/c20-17(16-10-4-1-5-11-16)18(12-6-2-7-13-18)19(21)14-8-3-9-15-19/h1-2,4-7,10-12,21H,3,8-9,13-15H2. The molecule has 2 heteroatoms. The first-order valence-corrected chi connectivity index (χ1v) is 7.85. The molecule has 1 saturated carbocycles. The van der Waals surface area contributed by atoms with Crippen LogP contribution in [0.3, 0.4) is 0 Å². The van der Waals surface area contributed by atoms with Gasteiger partial charge in [-0.05, 0) is 19.3 Å². The number of Topliss-reactive ketones (excluding diaryl/α,β-unsaturated/α-hetero) is 1. The fourth-order valence-corrected chi connectivity index (χ4v) is 3.78. The van der Waals surface area contributed by atoms with E-state index in [9.17, 15) is 9.90 Å². The van der Waals surface area contributed by atoms with Crippen LogP contribution in [-0.4, -0.2) is 16.5 Å². The van der Waals surface area contributed by atoms with Crippen molar-refractivity contribution in [2.24, 2.45) is 5.41 Å². The van der Waals surface area contributed by atoms with Crippen LogP contribution in [0.2, 0.25) is 0 Å². The Balaban J connectivity index is 2.03. The molecule has 2 nitrogen and oxygen atoms in total. The summed E-state index contributed by atoms with van der Waals surface area (Å²) in [5, 5.41) is 11.3. The maximum Gasteiger partial charge on any atom is 0.175 e. The predicted octanol–water partition coefficient (Wildman–Crippen LogP) is 4.07. The van der Waals surface area contributed by atoms with Gasteiger partial charge in [0.25, 0.3) is 0 Å². The van der Waals surface area contributed by atoms with Crippen molar-refractivity contribution in [3.8, 4) is 0 Å². The van der Waals surface area contributed by atoms with Crippen molar-refractivity contribution in [3.05, 3.63) is 60.2 Å². The van der Waals surface area contributed by atoms with Crippen LogP contribution in [0.25, 0.3) is 0 Å². The fourth-order valence-electron chi connectivity index (χ4n) is 3.78. The van der Waals surface area contributed by atoms with E-state index in [0.29, 0.717) is 24.8 Å². The number of aliphatic hydroxyl groups is 1. The van der Waals surface area contributed by atoms with E-state index in [2.05, 4.69) is 0 Å². The quantitative estimate of drug-likeness (QED) is 0.849. The third-order valence-corrected chi connectivity index (χ3v) is 5.02. The van der Waals surface area contributed by atoms with E-state index in [1.807, 2.05) is 54.6 Å². The van der Waals surface area contributed by atoms with Gasteiger partial charge in [-0.25, -0.2) is 0 Å². The van der Waals surface area contributed by atoms with Crippen molar-refractivity contribution >= 4 is 5.78 Å². The number of benzene rings is 1. The lowest BCUT2D eigenvalue weighted by molar-refractivity contribution is -0.0694. The van der Waals surface area contributed by atoms with Crippen molar-refractivity contribution < 1.29 is 9.90 Å². The largest absolute Gasteiger partial charge is 0.388 e. The summed E-state index contributed by atoms with van der Waals surface area (Å²) in [6.45, 7) is 0. The summed E-state index contributed by atoms with van der Waals surface area (Å²) in [5.74, 6) is 0.0492. The molecular weight excluding hydrogens is 260 g/mol. The third kappa shape index (κ3) is 2.38. The van der Waals surface area contributed by atoms with Crippen molar-refractivity contribution in [2.45, 2.75) is 44.1 Å². The molecule has 2 aliphatic rings. The van der Waals surface area contributed by atoms with Gasteiger partial charge in [0.2, 0.25) is 0 Å². The predicted molar refractivity (Wildman–Crippen MR) is 84.1 cm³/mol.